The Morgan fingerprint density at radius 1 is 1.15 bits per heavy atom. The van der Waals surface area contributed by atoms with E-state index < -0.39 is 0 Å². The van der Waals surface area contributed by atoms with Crippen molar-refractivity contribution in [2.45, 2.75) is 0 Å². The van der Waals surface area contributed by atoms with Crippen LogP contribution in [0.4, 0.5) is 0 Å². The quantitative estimate of drug-likeness (QED) is 0.709. The molecule has 0 amide bonds. The van der Waals surface area contributed by atoms with Crippen molar-refractivity contribution < 1.29 is 9.53 Å². The molecule has 3 aromatic rings. The van der Waals surface area contributed by atoms with E-state index >= 15 is 0 Å². The van der Waals surface area contributed by atoms with Crippen molar-refractivity contribution in [1.29, 1.82) is 0 Å². The van der Waals surface area contributed by atoms with Crippen LogP contribution < -0.4 is 0 Å². The number of fused-ring (bicyclic) bond motifs is 1. The van der Waals surface area contributed by atoms with E-state index in [1.54, 1.807) is 6.07 Å². The summed E-state index contributed by atoms with van der Waals surface area (Å²) in [4.78, 5) is 14.9. The SMILES string of the molecule is COC(=O)c1ccc2cc(-c3cccc(Br)c3)[nH]c2c1. The highest BCUT2D eigenvalue weighted by Gasteiger charge is 2.08. The lowest BCUT2D eigenvalue weighted by atomic mass is 10.1. The molecular formula is C16H12BrNO2. The fraction of sp³-hybridized carbons (Fsp3) is 0.0625. The summed E-state index contributed by atoms with van der Waals surface area (Å²) in [6.07, 6.45) is 0. The van der Waals surface area contributed by atoms with Gasteiger partial charge in [0.2, 0.25) is 0 Å². The molecule has 0 unspecified atom stereocenters. The number of H-pyrrole nitrogens is 1. The van der Waals surface area contributed by atoms with E-state index in [-0.39, 0.29) is 5.97 Å². The van der Waals surface area contributed by atoms with Gasteiger partial charge in [0.15, 0.2) is 0 Å². The fourth-order valence-electron chi connectivity index (χ4n) is 2.18. The molecule has 0 atom stereocenters. The second-order valence-electron chi connectivity index (χ2n) is 4.49. The van der Waals surface area contributed by atoms with Crippen molar-refractivity contribution in [3.05, 3.63) is 58.6 Å². The fourth-order valence-corrected chi connectivity index (χ4v) is 2.58. The summed E-state index contributed by atoms with van der Waals surface area (Å²) in [5, 5.41) is 1.06. The summed E-state index contributed by atoms with van der Waals surface area (Å²) in [5.74, 6) is -0.328. The zero-order valence-corrected chi connectivity index (χ0v) is 12.4. The number of halogens is 1. The highest BCUT2D eigenvalue weighted by Crippen LogP contribution is 2.26. The smallest absolute Gasteiger partial charge is 0.337 e. The number of ether oxygens (including phenoxy) is 1. The highest BCUT2D eigenvalue weighted by molar-refractivity contribution is 9.10. The molecule has 20 heavy (non-hydrogen) atoms. The third-order valence-electron chi connectivity index (χ3n) is 3.18. The molecule has 1 heterocycles. The van der Waals surface area contributed by atoms with Gasteiger partial charge in [-0.2, -0.15) is 0 Å². The van der Waals surface area contributed by atoms with Gasteiger partial charge in [0.25, 0.3) is 0 Å². The molecule has 3 rings (SSSR count). The van der Waals surface area contributed by atoms with Crippen LogP contribution in [0.25, 0.3) is 22.2 Å². The number of carbonyl (C=O) groups excluding carboxylic acids is 1. The van der Waals surface area contributed by atoms with Crippen molar-refractivity contribution in [1.82, 2.24) is 4.98 Å². The molecule has 1 N–H and O–H groups in total. The number of aromatic nitrogens is 1. The minimum atomic E-state index is -0.328. The van der Waals surface area contributed by atoms with Crippen LogP contribution in [0.15, 0.2) is 53.0 Å². The molecule has 0 saturated heterocycles. The number of hydrogen-bond donors (Lipinski definition) is 1. The van der Waals surface area contributed by atoms with E-state index in [1.807, 2.05) is 36.4 Å². The third-order valence-corrected chi connectivity index (χ3v) is 3.67. The van der Waals surface area contributed by atoms with Gasteiger partial charge in [0, 0.05) is 21.1 Å². The van der Waals surface area contributed by atoms with E-state index in [1.165, 1.54) is 7.11 Å². The summed E-state index contributed by atoms with van der Waals surface area (Å²) in [7, 11) is 1.38. The van der Waals surface area contributed by atoms with Gasteiger partial charge in [0.05, 0.1) is 12.7 Å². The summed E-state index contributed by atoms with van der Waals surface area (Å²) >= 11 is 3.47. The van der Waals surface area contributed by atoms with Crippen LogP contribution in [0.1, 0.15) is 10.4 Å². The molecule has 1 aromatic heterocycles. The van der Waals surface area contributed by atoms with Gasteiger partial charge in [-0.15, -0.1) is 0 Å². The maximum absolute atomic E-state index is 11.5. The van der Waals surface area contributed by atoms with Crippen molar-refractivity contribution in [2.75, 3.05) is 7.11 Å². The largest absolute Gasteiger partial charge is 0.465 e. The molecule has 0 spiro atoms. The summed E-state index contributed by atoms with van der Waals surface area (Å²) in [6.45, 7) is 0. The van der Waals surface area contributed by atoms with Gasteiger partial charge in [-0.1, -0.05) is 34.1 Å². The molecule has 0 bridgehead atoms. The average molecular weight is 330 g/mol. The maximum atomic E-state index is 11.5. The molecular weight excluding hydrogens is 318 g/mol. The van der Waals surface area contributed by atoms with E-state index in [2.05, 4.69) is 27.0 Å². The lowest BCUT2D eigenvalue weighted by Gasteiger charge is -1.99. The van der Waals surface area contributed by atoms with E-state index in [0.29, 0.717) is 5.56 Å². The molecule has 0 aliphatic carbocycles. The maximum Gasteiger partial charge on any atom is 0.337 e. The minimum absolute atomic E-state index is 0.328. The van der Waals surface area contributed by atoms with Crippen molar-refractivity contribution in [3.63, 3.8) is 0 Å². The Balaban J connectivity index is 2.09. The van der Waals surface area contributed by atoms with Crippen LogP contribution in [0.2, 0.25) is 0 Å². The third kappa shape index (κ3) is 2.34. The van der Waals surface area contributed by atoms with Crippen molar-refractivity contribution in [3.8, 4) is 11.3 Å². The second-order valence-corrected chi connectivity index (χ2v) is 5.40. The summed E-state index contributed by atoms with van der Waals surface area (Å²) < 4.78 is 5.76. The van der Waals surface area contributed by atoms with Gasteiger partial charge < -0.3 is 9.72 Å². The van der Waals surface area contributed by atoms with Crippen LogP contribution in [0.5, 0.6) is 0 Å². The van der Waals surface area contributed by atoms with E-state index in [9.17, 15) is 4.79 Å². The monoisotopic (exact) mass is 329 g/mol. The predicted octanol–water partition coefficient (Wildman–Crippen LogP) is 4.38. The van der Waals surface area contributed by atoms with Gasteiger partial charge in [-0.3, -0.25) is 0 Å². The Bertz CT molecular complexity index is 792. The molecule has 0 radical (unpaired) electrons. The molecule has 4 heteroatoms. The number of nitrogens with one attached hydrogen (secondary N) is 1. The molecule has 0 fully saturated rings. The molecule has 0 saturated carbocycles. The van der Waals surface area contributed by atoms with Gasteiger partial charge in [0.1, 0.15) is 0 Å². The number of aromatic amines is 1. The molecule has 0 aliphatic rings. The topological polar surface area (TPSA) is 42.1 Å². The number of rotatable bonds is 2. The van der Waals surface area contributed by atoms with E-state index in [4.69, 9.17) is 4.74 Å². The number of hydrogen-bond acceptors (Lipinski definition) is 2. The van der Waals surface area contributed by atoms with Crippen molar-refractivity contribution >= 4 is 32.8 Å². The highest BCUT2D eigenvalue weighted by atomic mass is 79.9. The average Bonchev–Trinajstić information content (AvgIpc) is 2.89. The molecule has 3 nitrogen and oxygen atoms in total. The minimum Gasteiger partial charge on any atom is -0.465 e. The van der Waals surface area contributed by atoms with Gasteiger partial charge in [-0.25, -0.2) is 4.79 Å². The first-order chi connectivity index (χ1) is 9.67. The Morgan fingerprint density at radius 2 is 2.00 bits per heavy atom. The standard InChI is InChI=1S/C16H12BrNO2/c1-20-16(19)12-6-5-11-8-14(18-15(11)9-12)10-3-2-4-13(17)7-10/h2-9,18H,1H3. The Kier molecular flexibility index (Phi) is 3.32. The number of carbonyl (C=O) groups is 1. The normalized spacial score (nSPS) is 10.7. The van der Waals surface area contributed by atoms with Crippen LogP contribution in [-0.4, -0.2) is 18.1 Å². The Hall–Kier alpha value is -2.07. The van der Waals surface area contributed by atoms with E-state index in [0.717, 1.165) is 26.6 Å². The number of esters is 1. The van der Waals surface area contributed by atoms with Gasteiger partial charge in [-0.05, 0) is 35.9 Å². The number of benzene rings is 2. The zero-order valence-electron chi connectivity index (χ0n) is 10.8. The lowest BCUT2D eigenvalue weighted by Crippen LogP contribution is -2.00. The first-order valence-corrected chi connectivity index (χ1v) is 6.94. The summed E-state index contributed by atoms with van der Waals surface area (Å²) in [6, 6.07) is 15.6. The van der Waals surface area contributed by atoms with Gasteiger partial charge >= 0.3 is 5.97 Å². The van der Waals surface area contributed by atoms with Crippen molar-refractivity contribution in [2.24, 2.45) is 0 Å². The lowest BCUT2D eigenvalue weighted by molar-refractivity contribution is 0.0601. The second kappa shape index (κ2) is 5.13. The van der Waals surface area contributed by atoms with Crippen LogP contribution in [0, 0.1) is 0 Å². The zero-order chi connectivity index (χ0) is 14.1. The first-order valence-electron chi connectivity index (χ1n) is 6.14. The Labute approximate surface area is 124 Å². The molecule has 100 valence electrons. The molecule has 2 aromatic carbocycles. The van der Waals surface area contributed by atoms with Crippen LogP contribution in [0.3, 0.4) is 0 Å². The first kappa shape index (κ1) is 12.9. The van der Waals surface area contributed by atoms with Crippen LogP contribution >= 0.6 is 15.9 Å². The predicted molar refractivity (Wildman–Crippen MR) is 82.8 cm³/mol. The number of methoxy groups -OCH3 is 1. The summed E-state index contributed by atoms with van der Waals surface area (Å²) in [5.41, 5.74) is 3.57. The Morgan fingerprint density at radius 3 is 2.75 bits per heavy atom. The van der Waals surface area contributed by atoms with Crippen LogP contribution in [-0.2, 0) is 4.74 Å². The molecule has 0 aliphatic heterocycles.